The molecule has 1 aliphatic rings. The molecule has 15 heavy (non-hydrogen) atoms. The van der Waals surface area contributed by atoms with Crippen LogP contribution in [-0.4, -0.2) is 53.9 Å². The molecule has 0 aromatic rings. The number of morpholine rings is 1. The lowest BCUT2D eigenvalue weighted by Gasteiger charge is -2.10. The number of cyclic esters (lactones) is 1. The Morgan fingerprint density at radius 2 is 2.20 bits per heavy atom. The molecule has 1 saturated heterocycles. The molecule has 8 heteroatoms. The molecule has 86 valence electrons. The first kappa shape index (κ1) is 13.3. The number of aliphatic carboxylic acids is 1. The van der Waals surface area contributed by atoms with Crippen molar-refractivity contribution in [1.82, 2.24) is 5.32 Å². The molecule has 8 nitrogen and oxygen atoms in total. The maximum absolute atomic E-state index is 10.2. The molecule has 0 saturated carbocycles. The number of carbonyl (C=O) groups excluding carboxylic acids is 2. The smallest absolute Gasteiger partial charge is 0.325 e. The van der Waals surface area contributed by atoms with E-state index in [9.17, 15) is 14.4 Å². The average Bonchev–Trinajstić information content (AvgIpc) is 2.22. The highest BCUT2D eigenvalue weighted by Gasteiger charge is 2.13. The Balaban J connectivity index is 0.000000265. The van der Waals surface area contributed by atoms with Crippen molar-refractivity contribution < 1.29 is 29.3 Å². The number of carboxylic acid groups (broad SMARTS) is 1. The normalized spacial score (nSPS) is 16.7. The number of rotatable bonds is 2. The summed E-state index contributed by atoms with van der Waals surface area (Å²) in [6.07, 6.45) is 0. The van der Waals surface area contributed by atoms with Crippen molar-refractivity contribution in [3.05, 3.63) is 0 Å². The molecule has 0 radical (unpaired) electrons. The van der Waals surface area contributed by atoms with Gasteiger partial charge in [-0.2, -0.15) is 0 Å². The number of carbonyl (C=O) groups is 3. The van der Waals surface area contributed by atoms with Gasteiger partial charge in [-0.25, -0.2) is 0 Å². The first-order chi connectivity index (χ1) is 6.97. The number of hydrogen-bond donors (Lipinski definition) is 4. The van der Waals surface area contributed by atoms with Crippen molar-refractivity contribution in [3.8, 4) is 0 Å². The van der Waals surface area contributed by atoms with E-state index in [1.54, 1.807) is 0 Å². The number of hydrogen-bond acceptors (Lipinski definition) is 6. The third-order valence-electron chi connectivity index (χ3n) is 1.31. The van der Waals surface area contributed by atoms with Gasteiger partial charge >= 0.3 is 11.9 Å². The minimum Gasteiger partial charge on any atom is -0.480 e. The van der Waals surface area contributed by atoms with Crippen LogP contribution in [0.2, 0.25) is 0 Å². The lowest BCUT2D eigenvalue weighted by atomic mass is 10.3. The van der Waals surface area contributed by atoms with Gasteiger partial charge in [0.2, 0.25) is 0 Å². The lowest BCUT2D eigenvalue weighted by Crippen LogP contribution is -2.39. The number of nitrogens with one attached hydrogen (secondary N) is 1. The van der Waals surface area contributed by atoms with Crippen LogP contribution in [0.4, 0.5) is 0 Å². The highest BCUT2D eigenvalue weighted by atomic mass is 16.5. The molecule has 1 aliphatic heterocycles. The van der Waals surface area contributed by atoms with E-state index in [1.807, 2.05) is 0 Å². The molecule has 1 rings (SSSR count). The molecular weight excluding hydrogens is 208 g/mol. The zero-order valence-corrected chi connectivity index (χ0v) is 7.80. The Hall–Kier alpha value is -1.67. The van der Waals surface area contributed by atoms with Crippen LogP contribution in [0, 0.1) is 0 Å². The minimum absolute atomic E-state index is 0.0127. The van der Waals surface area contributed by atoms with E-state index in [2.05, 4.69) is 10.1 Å². The van der Waals surface area contributed by atoms with Crippen molar-refractivity contribution in [1.29, 1.82) is 0 Å². The quantitative estimate of drug-likeness (QED) is 0.365. The molecule has 0 aromatic carbocycles. The van der Waals surface area contributed by atoms with E-state index in [0.29, 0.717) is 0 Å². The maximum Gasteiger partial charge on any atom is 0.325 e. The highest BCUT2D eigenvalue weighted by molar-refractivity contribution is 5.87. The zero-order valence-electron chi connectivity index (χ0n) is 7.80. The lowest BCUT2D eigenvalue weighted by molar-refractivity contribution is -0.152. The summed E-state index contributed by atoms with van der Waals surface area (Å²) in [6.45, 7) is -0.618. The number of esters is 1. The van der Waals surface area contributed by atoms with E-state index < -0.39 is 18.6 Å². The number of aliphatic hydroxyl groups is 1. The second-order valence-corrected chi connectivity index (χ2v) is 2.56. The summed E-state index contributed by atoms with van der Waals surface area (Å²) in [5, 5.41) is 18.2. The van der Waals surface area contributed by atoms with Crippen LogP contribution in [0.15, 0.2) is 0 Å². The SMILES string of the molecule is NC(CO)C(=O)O.O=C1COC(=O)CN1. The number of carboxylic acids is 1. The highest BCUT2D eigenvalue weighted by Crippen LogP contribution is 1.83. The van der Waals surface area contributed by atoms with Crippen LogP contribution in [0.3, 0.4) is 0 Å². The standard InChI is InChI=1S/C4H5NO3.C3H7NO3/c6-3-2-8-4(7)1-5-3;4-2(1-5)3(6)7/h1-2H2,(H,5,6);2,5H,1,4H2,(H,6,7). The van der Waals surface area contributed by atoms with Crippen LogP contribution in [0.5, 0.6) is 0 Å². The first-order valence-corrected chi connectivity index (χ1v) is 3.99. The summed E-state index contributed by atoms with van der Waals surface area (Å²) in [6, 6.07) is -1.13. The predicted octanol–water partition coefficient (Wildman–Crippen LogP) is -2.95. The van der Waals surface area contributed by atoms with Gasteiger partial charge in [0, 0.05) is 0 Å². The Morgan fingerprint density at radius 1 is 1.60 bits per heavy atom. The Bertz CT molecular complexity index is 226. The van der Waals surface area contributed by atoms with Gasteiger partial charge in [0.1, 0.15) is 12.6 Å². The van der Waals surface area contributed by atoms with E-state index in [-0.39, 0.29) is 25.0 Å². The van der Waals surface area contributed by atoms with Gasteiger partial charge in [-0.3, -0.25) is 14.4 Å². The van der Waals surface area contributed by atoms with Crippen LogP contribution >= 0.6 is 0 Å². The summed E-state index contributed by atoms with van der Waals surface area (Å²) in [4.78, 5) is 30.0. The molecule has 1 amide bonds. The van der Waals surface area contributed by atoms with Gasteiger partial charge in [-0.15, -0.1) is 0 Å². The molecule has 1 fully saturated rings. The van der Waals surface area contributed by atoms with Crippen LogP contribution in [-0.2, 0) is 19.1 Å². The summed E-state index contributed by atoms with van der Waals surface area (Å²) in [5.41, 5.74) is 4.77. The van der Waals surface area contributed by atoms with Gasteiger partial charge in [-0.05, 0) is 0 Å². The van der Waals surface area contributed by atoms with Crippen LogP contribution in [0.25, 0.3) is 0 Å². The van der Waals surface area contributed by atoms with E-state index in [4.69, 9.17) is 15.9 Å². The fraction of sp³-hybridized carbons (Fsp3) is 0.571. The maximum atomic E-state index is 10.2. The third-order valence-corrected chi connectivity index (χ3v) is 1.31. The molecule has 0 bridgehead atoms. The van der Waals surface area contributed by atoms with Crippen LogP contribution in [0.1, 0.15) is 0 Å². The van der Waals surface area contributed by atoms with Crippen molar-refractivity contribution in [2.75, 3.05) is 19.8 Å². The Kier molecular flexibility index (Phi) is 5.99. The minimum atomic E-state index is -1.18. The largest absolute Gasteiger partial charge is 0.480 e. The molecule has 5 N–H and O–H groups in total. The molecule has 0 spiro atoms. The van der Waals surface area contributed by atoms with E-state index in [1.165, 1.54) is 0 Å². The average molecular weight is 220 g/mol. The Morgan fingerprint density at radius 3 is 2.40 bits per heavy atom. The van der Waals surface area contributed by atoms with Crippen LogP contribution < -0.4 is 11.1 Å². The predicted molar refractivity (Wildman–Crippen MR) is 46.7 cm³/mol. The van der Waals surface area contributed by atoms with Crippen molar-refractivity contribution in [2.45, 2.75) is 6.04 Å². The molecular formula is C7H12N2O6. The van der Waals surface area contributed by atoms with Crippen molar-refractivity contribution >= 4 is 17.8 Å². The van der Waals surface area contributed by atoms with E-state index >= 15 is 0 Å². The number of ether oxygens (including phenoxy) is 1. The van der Waals surface area contributed by atoms with E-state index in [0.717, 1.165) is 0 Å². The first-order valence-electron chi connectivity index (χ1n) is 3.99. The topological polar surface area (TPSA) is 139 Å². The summed E-state index contributed by atoms with van der Waals surface area (Å²) < 4.78 is 4.34. The monoisotopic (exact) mass is 220 g/mol. The Labute approximate surface area is 85.0 Å². The second-order valence-electron chi connectivity index (χ2n) is 2.56. The molecule has 0 aromatic heterocycles. The summed E-state index contributed by atoms with van der Waals surface area (Å²) >= 11 is 0. The summed E-state index contributed by atoms with van der Waals surface area (Å²) in [5.74, 6) is -1.78. The second kappa shape index (κ2) is 6.74. The van der Waals surface area contributed by atoms with Crippen molar-refractivity contribution in [3.63, 3.8) is 0 Å². The third kappa shape index (κ3) is 6.41. The molecule has 1 atom stereocenters. The van der Waals surface area contributed by atoms with Gasteiger partial charge < -0.3 is 26.0 Å². The van der Waals surface area contributed by atoms with Crippen molar-refractivity contribution in [2.24, 2.45) is 5.73 Å². The van der Waals surface area contributed by atoms with Gasteiger partial charge in [-0.1, -0.05) is 0 Å². The number of aliphatic hydroxyl groups excluding tert-OH is 1. The van der Waals surface area contributed by atoms with Gasteiger partial charge in [0.15, 0.2) is 6.61 Å². The number of amides is 1. The molecule has 1 unspecified atom stereocenters. The fourth-order valence-electron chi connectivity index (χ4n) is 0.497. The van der Waals surface area contributed by atoms with Gasteiger partial charge in [0.25, 0.3) is 5.91 Å². The number of nitrogens with two attached hydrogens (primary N) is 1. The molecule has 1 heterocycles. The fourth-order valence-corrected chi connectivity index (χ4v) is 0.497. The zero-order chi connectivity index (χ0) is 11.8. The molecule has 0 aliphatic carbocycles. The van der Waals surface area contributed by atoms with Gasteiger partial charge in [0.05, 0.1) is 6.61 Å². The summed E-state index contributed by atoms with van der Waals surface area (Å²) in [7, 11) is 0.